The third kappa shape index (κ3) is 6.10. The van der Waals surface area contributed by atoms with Crippen molar-refractivity contribution in [3.63, 3.8) is 0 Å². The Morgan fingerprint density at radius 1 is 1.38 bits per heavy atom. The molecule has 1 fully saturated rings. The van der Waals surface area contributed by atoms with Crippen molar-refractivity contribution in [1.82, 2.24) is 10.6 Å². The molecule has 1 aromatic carbocycles. The van der Waals surface area contributed by atoms with Crippen LogP contribution in [0.3, 0.4) is 0 Å². The van der Waals surface area contributed by atoms with Gasteiger partial charge in [-0.15, -0.1) is 0 Å². The highest BCUT2D eigenvalue weighted by molar-refractivity contribution is 5.78. The van der Waals surface area contributed by atoms with E-state index in [0.29, 0.717) is 31.5 Å². The maximum atomic E-state index is 13.5. The molecule has 0 aliphatic heterocycles. The van der Waals surface area contributed by atoms with Crippen molar-refractivity contribution in [2.75, 3.05) is 26.9 Å². The van der Waals surface area contributed by atoms with Gasteiger partial charge in [-0.05, 0) is 30.5 Å². The molecule has 0 spiro atoms. The van der Waals surface area contributed by atoms with Crippen molar-refractivity contribution in [1.29, 1.82) is 0 Å². The smallest absolute Gasteiger partial charge is 0.258 e. The SMILES string of the molecule is COCCNCc1cc(F)cc(OCC(=O)NC2CC2)c1. The minimum Gasteiger partial charge on any atom is -0.484 e. The molecule has 2 rings (SSSR count). The Bertz CT molecular complexity index is 478. The largest absolute Gasteiger partial charge is 0.484 e. The molecule has 1 aliphatic rings. The van der Waals surface area contributed by atoms with Crippen LogP contribution >= 0.6 is 0 Å². The van der Waals surface area contributed by atoms with E-state index in [-0.39, 0.29) is 18.3 Å². The van der Waals surface area contributed by atoms with Gasteiger partial charge < -0.3 is 20.1 Å². The Morgan fingerprint density at radius 3 is 2.90 bits per heavy atom. The fraction of sp³-hybridized carbons (Fsp3) is 0.533. The van der Waals surface area contributed by atoms with E-state index in [1.807, 2.05) is 0 Å². The minimum absolute atomic E-state index is 0.0868. The number of carbonyl (C=O) groups excluding carboxylic acids is 1. The Hall–Kier alpha value is -1.66. The van der Waals surface area contributed by atoms with Gasteiger partial charge in [-0.1, -0.05) is 0 Å². The molecule has 1 saturated carbocycles. The summed E-state index contributed by atoms with van der Waals surface area (Å²) in [6.45, 7) is 1.72. The average Bonchev–Trinajstić information content (AvgIpc) is 3.25. The molecule has 0 bridgehead atoms. The fourth-order valence-corrected chi connectivity index (χ4v) is 1.86. The number of ether oxygens (including phenoxy) is 2. The summed E-state index contributed by atoms with van der Waals surface area (Å²) < 4.78 is 23.8. The number of rotatable bonds is 9. The molecule has 0 aromatic heterocycles. The standard InChI is InChI=1S/C15H21FN2O3/c1-20-5-4-17-9-11-6-12(16)8-14(7-11)21-10-15(19)18-13-2-3-13/h6-8,13,17H,2-5,9-10H2,1H3,(H,18,19). The molecule has 116 valence electrons. The van der Waals surface area contributed by atoms with Gasteiger partial charge in [0.15, 0.2) is 6.61 Å². The Kier molecular flexibility index (Phi) is 5.95. The number of methoxy groups -OCH3 is 1. The van der Waals surface area contributed by atoms with E-state index in [1.54, 1.807) is 13.2 Å². The zero-order valence-corrected chi connectivity index (χ0v) is 12.2. The van der Waals surface area contributed by atoms with Gasteiger partial charge >= 0.3 is 0 Å². The van der Waals surface area contributed by atoms with Crippen LogP contribution in [0, 0.1) is 5.82 Å². The summed E-state index contributed by atoms with van der Waals surface area (Å²) in [5, 5.41) is 5.95. The Morgan fingerprint density at radius 2 is 2.19 bits per heavy atom. The van der Waals surface area contributed by atoms with Gasteiger partial charge in [-0.3, -0.25) is 4.79 Å². The van der Waals surface area contributed by atoms with Crippen molar-refractivity contribution in [2.45, 2.75) is 25.4 Å². The number of hydrogen-bond donors (Lipinski definition) is 2. The number of carbonyl (C=O) groups is 1. The maximum absolute atomic E-state index is 13.5. The molecule has 1 aliphatic carbocycles. The van der Waals surface area contributed by atoms with E-state index in [9.17, 15) is 9.18 Å². The van der Waals surface area contributed by atoms with Crippen LogP contribution in [0.25, 0.3) is 0 Å². The van der Waals surface area contributed by atoms with Crippen LogP contribution in [0.1, 0.15) is 18.4 Å². The highest BCUT2D eigenvalue weighted by atomic mass is 19.1. The van der Waals surface area contributed by atoms with Gasteiger partial charge in [0.25, 0.3) is 5.91 Å². The topological polar surface area (TPSA) is 59.6 Å². The second kappa shape index (κ2) is 7.95. The van der Waals surface area contributed by atoms with Crippen molar-refractivity contribution < 1.29 is 18.7 Å². The van der Waals surface area contributed by atoms with Crippen molar-refractivity contribution in [3.05, 3.63) is 29.6 Å². The molecule has 0 saturated heterocycles. The summed E-state index contributed by atoms with van der Waals surface area (Å²) >= 11 is 0. The molecule has 5 nitrogen and oxygen atoms in total. The van der Waals surface area contributed by atoms with Crippen molar-refractivity contribution in [2.24, 2.45) is 0 Å². The quantitative estimate of drug-likeness (QED) is 0.673. The van der Waals surface area contributed by atoms with E-state index in [4.69, 9.17) is 9.47 Å². The first-order valence-corrected chi connectivity index (χ1v) is 7.08. The van der Waals surface area contributed by atoms with Crippen molar-refractivity contribution >= 4 is 5.91 Å². The molecular weight excluding hydrogens is 275 g/mol. The van der Waals surface area contributed by atoms with E-state index in [2.05, 4.69) is 10.6 Å². The molecule has 0 radical (unpaired) electrons. The minimum atomic E-state index is -0.376. The van der Waals surface area contributed by atoms with Gasteiger partial charge in [0, 0.05) is 32.3 Å². The molecule has 0 atom stereocenters. The number of nitrogens with one attached hydrogen (secondary N) is 2. The predicted molar refractivity (Wildman–Crippen MR) is 76.6 cm³/mol. The summed E-state index contributed by atoms with van der Waals surface area (Å²) in [5.41, 5.74) is 0.767. The van der Waals surface area contributed by atoms with Crippen LogP contribution < -0.4 is 15.4 Å². The molecular formula is C15H21FN2O3. The highest BCUT2D eigenvalue weighted by Gasteiger charge is 2.23. The fourth-order valence-electron chi connectivity index (χ4n) is 1.86. The molecule has 1 amide bonds. The van der Waals surface area contributed by atoms with Crippen LogP contribution in [0.4, 0.5) is 4.39 Å². The number of hydrogen-bond acceptors (Lipinski definition) is 4. The summed E-state index contributed by atoms with van der Waals surface area (Å²) in [4.78, 5) is 11.5. The molecule has 2 N–H and O–H groups in total. The van der Waals surface area contributed by atoms with Crippen LogP contribution in [0.5, 0.6) is 5.75 Å². The predicted octanol–water partition coefficient (Wildman–Crippen LogP) is 1.22. The van der Waals surface area contributed by atoms with E-state index in [1.165, 1.54) is 12.1 Å². The van der Waals surface area contributed by atoms with Crippen LogP contribution in [-0.2, 0) is 16.1 Å². The zero-order chi connectivity index (χ0) is 15.1. The van der Waals surface area contributed by atoms with Gasteiger partial charge in [-0.25, -0.2) is 4.39 Å². The van der Waals surface area contributed by atoms with Crippen LogP contribution in [-0.4, -0.2) is 38.8 Å². The van der Waals surface area contributed by atoms with Crippen LogP contribution in [0.2, 0.25) is 0 Å². The first-order valence-electron chi connectivity index (χ1n) is 7.08. The second-order valence-corrected chi connectivity index (χ2v) is 5.10. The summed E-state index contributed by atoms with van der Waals surface area (Å²) in [6, 6.07) is 4.75. The molecule has 21 heavy (non-hydrogen) atoms. The third-order valence-corrected chi connectivity index (χ3v) is 3.06. The normalized spacial score (nSPS) is 14.0. The Balaban J connectivity index is 1.80. The highest BCUT2D eigenvalue weighted by Crippen LogP contribution is 2.19. The third-order valence-electron chi connectivity index (χ3n) is 3.06. The number of amides is 1. The molecule has 1 aromatic rings. The van der Waals surface area contributed by atoms with Gasteiger partial charge in [0.2, 0.25) is 0 Å². The first-order chi connectivity index (χ1) is 10.2. The zero-order valence-electron chi connectivity index (χ0n) is 12.2. The van der Waals surface area contributed by atoms with Crippen LogP contribution in [0.15, 0.2) is 18.2 Å². The Labute approximate surface area is 123 Å². The van der Waals surface area contributed by atoms with E-state index in [0.717, 1.165) is 18.4 Å². The lowest BCUT2D eigenvalue weighted by atomic mass is 10.2. The van der Waals surface area contributed by atoms with Gasteiger partial charge in [0.05, 0.1) is 6.61 Å². The first kappa shape index (κ1) is 15.7. The molecule has 0 heterocycles. The summed E-state index contributed by atoms with van der Waals surface area (Å²) in [6.07, 6.45) is 2.06. The summed E-state index contributed by atoms with van der Waals surface area (Å²) in [5.74, 6) is -0.176. The van der Waals surface area contributed by atoms with Gasteiger partial charge in [0.1, 0.15) is 11.6 Å². The lowest BCUT2D eigenvalue weighted by Gasteiger charge is -2.09. The van der Waals surface area contributed by atoms with Gasteiger partial charge in [-0.2, -0.15) is 0 Å². The lowest BCUT2D eigenvalue weighted by molar-refractivity contribution is -0.123. The average molecular weight is 296 g/mol. The van der Waals surface area contributed by atoms with E-state index < -0.39 is 0 Å². The maximum Gasteiger partial charge on any atom is 0.258 e. The summed E-state index contributed by atoms with van der Waals surface area (Å²) in [7, 11) is 1.63. The van der Waals surface area contributed by atoms with Crippen molar-refractivity contribution in [3.8, 4) is 5.75 Å². The number of halogens is 1. The van der Waals surface area contributed by atoms with E-state index >= 15 is 0 Å². The monoisotopic (exact) mass is 296 g/mol. The molecule has 0 unspecified atom stereocenters. The molecule has 6 heteroatoms. The lowest BCUT2D eigenvalue weighted by Crippen LogP contribution is -2.30. The number of benzene rings is 1. The second-order valence-electron chi connectivity index (χ2n) is 5.10.